The van der Waals surface area contributed by atoms with Crippen molar-refractivity contribution in [3.05, 3.63) is 227 Å². The maximum Gasteiger partial charge on any atom is 0.187 e. The molecule has 0 fully saturated rings. The lowest BCUT2D eigenvalue weighted by atomic mass is 9.79. The van der Waals surface area contributed by atoms with Crippen LogP contribution in [0, 0.1) is 6.57 Å². The van der Waals surface area contributed by atoms with Gasteiger partial charge in [0.05, 0.1) is 40.0 Å². The summed E-state index contributed by atoms with van der Waals surface area (Å²) >= 11 is 0. The lowest BCUT2D eigenvalue weighted by molar-refractivity contribution is 0.568. The van der Waals surface area contributed by atoms with Crippen LogP contribution in [0.15, 0.2) is 182 Å². The van der Waals surface area contributed by atoms with Crippen LogP contribution in [-0.2, 0) is 32.5 Å². The van der Waals surface area contributed by atoms with E-state index in [-0.39, 0.29) is 32.5 Å². The van der Waals surface area contributed by atoms with Gasteiger partial charge in [-0.15, -0.1) is 0 Å². The number of fused-ring (bicyclic) bond motifs is 6. The molecule has 0 atom stereocenters. The van der Waals surface area contributed by atoms with Gasteiger partial charge >= 0.3 is 0 Å². The molecule has 12 aromatic rings. The fourth-order valence-corrected chi connectivity index (χ4v) is 12.3. The molecule has 0 amide bonds. The third kappa shape index (κ3) is 11.0. The maximum absolute atomic E-state index is 7.82. The summed E-state index contributed by atoms with van der Waals surface area (Å²) in [7, 11) is 0. The van der Waals surface area contributed by atoms with Crippen LogP contribution >= 0.6 is 0 Å². The zero-order valence-corrected chi connectivity index (χ0v) is 55.0. The van der Waals surface area contributed by atoms with Gasteiger partial charge in [-0.3, -0.25) is 0 Å². The van der Waals surface area contributed by atoms with Gasteiger partial charge in [0.1, 0.15) is 0 Å². The standard InChI is InChI=1S/C82H84N6/c1-77(2,3)55-32-38-71-66(48-55)62-24-20-22-26-68(62)87(71)70-37-31-52(74-84-75(53-40-57(79(7,8)9)46-58(41-53)80(10,11)12)86-76(85-74)54-42-59(81(13,14)15)47-60(43-54)82(16,17)18)44-65(70)64-36-30-51(50-28-34-61(83-19)35-29-50)45-73(64)88-69-27-23-21-25-63(69)67-49-56(78(4,5)6)33-39-72(67)88/h20-49H,1-18H3. The summed E-state index contributed by atoms with van der Waals surface area (Å²) in [4.78, 5) is 20.6. The van der Waals surface area contributed by atoms with Gasteiger partial charge in [-0.05, 0) is 162 Å². The fraction of sp³-hybridized carbons (Fsp3) is 0.293. The van der Waals surface area contributed by atoms with Gasteiger partial charge in [0.15, 0.2) is 23.2 Å². The van der Waals surface area contributed by atoms with Crippen molar-refractivity contribution in [2.75, 3.05) is 0 Å². The first kappa shape index (κ1) is 59.4. The molecule has 0 aliphatic heterocycles. The molecule has 9 aromatic carbocycles. The summed E-state index contributed by atoms with van der Waals surface area (Å²) in [5, 5.41) is 4.79. The third-order valence-electron chi connectivity index (χ3n) is 17.9. The van der Waals surface area contributed by atoms with E-state index in [9.17, 15) is 0 Å². The third-order valence-corrected chi connectivity index (χ3v) is 17.9. The van der Waals surface area contributed by atoms with E-state index in [0.29, 0.717) is 23.2 Å². The lowest BCUT2D eigenvalue weighted by Gasteiger charge is -2.26. The van der Waals surface area contributed by atoms with E-state index >= 15 is 0 Å². The van der Waals surface area contributed by atoms with Crippen molar-refractivity contribution in [2.45, 2.75) is 157 Å². The van der Waals surface area contributed by atoms with Gasteiger partial charge < -0.3 is 9.13 Å². The van der Waals surface area contributed by atoms with Crippen molar-refractivity contribution in [3.8, 4) is 67.8 Å². The van der Waals surface area contributed by atoms with Gasteiger partial charge in [0.25, 0.3) is 0 Å². The minimum Gasteiger partial charge on any atom is -0.309 e. The van der Waals surface area contributed by atoms with Crippen LogP contribution in [0.5, 0.6) is 0 Å². The fourth-order valence-electron chi connectivity index (χ4n) is 12.3. The summed E-state index contributed by atoms with van der Waals surface area (Å²) in [5.41, 5.74) is 20.9. The van der Waals surface area contributed by atoms with Crippen molar-refractivity contribution in [2.24, 2.45) is 0 Å². The number of benzene rings is 9. The average molecular weight is 1150 g/mol. The van der Waals surface area contributed by atoms with Crippen molar-refractivity contribution in [3.63, 3.8) is 0 Å². The Labute approximate surface area is 522 Å². The summed E-state index contributed by atoms with van der Waals surface area (Å²) in [6, 6.07) is 67.4. The zero-order valence-electron chi connectivity index (χ0n) is 55.0. The Morgan fingerprint density at radius 2 is 0.659 bits per heavy atom. The first-order valence-corrected chi connectivity index (χ1v) is 31.3. The minimum atomic E-state index is -0.136. The highest BCUT2D eigenvalue weighted by Crippen LogP contribution is 2.46. The van der Waals surface area contributed by atoms with Gasteiger partial charge in [0.2, 0.25) is 0 Å². The Kier molecular flexibility index (Phi) is 14.3. The number of nitrogens with zero attached hydrogens (tertiary/aromatic N) is 6. The molecule has 0 aliphatic carbocycles. The Morgan fingerprint density at radius 1 is 0.284 bits per heavy atom. The number of hydrogen-bond donors (Lipinski definition) is 0. The van der Waals surface area contributed by atoms with Crippen LogP contribution in [0.3, 0.4) is 0 Å². The number of aromatic nitrogens is 5. The molecule has 0 radical (unpaired) electrons. The monoisotopic (exact) mass is 1150 g/mol. The molecule has 0 saturated carbocycles. The van der Waals surface area contributed by atoms with E-state index in [1.54, 1.807) is 0 Å². The molecular formula is C82H84N6. The van der Waals surface area contributed by atoms with E-state index in [0.717, 1.165) is 72.4 Å². The second-order valence-corrected chi connectivity index (χ2v) is 30.7. The zero-order chi connectivity index (χ0) is 62.8. The molecule has 0 saturated heterocycles. The van der Waals surface area contributed by atoms with E-state index in [2.05, 4.69) is 308 Å². The van der Waals surface area contributed by atoms with Gasteiger partial charge in [-0.1, -0.05) is 222 Å². The van der Waals surface area contributed by atoms with Crippen LogP contribution in [-0.4, -0.2) is 24.1 Å². The van der Waals surface area contributed by atoms with Gasteiger partial charge in [0, 0.05) is 49.4 Å². The summed E-state index contributed by atoms with van der Waals surface area (Å²) < 4.78 is 4.95. The Morgan fingerprint density at radius 3 is 1.08 bits per heavy atom. The summed E-state index contributed by atoms with van der Waals surface area (Å²) in [6.07, 6.45) is 0. The Balaban J connectivity index is 1.22. The summed E-state index contributed by atoms with van der Waals surface area (Å²) in [6.45, 7) is 49.0. The highest BCUT2D eigenvalue weighted by molar-refractivity contribution is 6.12. The topological polar surface area (TPSA) is 52.9 Å². The molecule has 3 heterocycles. The van der Waals surface area contributed by atoms with Gasteiger partial charge in [-0.25, -0.2) is 19.8 Å². The predicted octanol–water partition coefficient (Wildman–Crippen LogP) is 22.7. The second kappa shape index (κ2) is 21.2. The molecular weight excluding hydrogens is 1070 g/mol. The van der Waals surface area contributed by atoms with Crippen LogP contribution < -0.4 is 0 Å². The van der Waals surface area contributed by atoms with Gasteiger partial charge in [-0.2, -0.15) is 0 Å². The van der Waals surface area contributed by atoms with Crippen molar-refractivity contribution in [1.82, 2.24) is 24.1 Å². The Hall–Kier alpha value is -8.92. The highest BCUT2D eigenvalue weighted by atomic mass is 15.0. The average Bonchev–Trinajstić information content (AvgIpc) is 1.62. The molecule has 12 rings (SSSR count). The first-order valence-electron chi connectivity index (χ1n) is 31.3. The molecule has 6 nitrogen and oxygen atoms in total. The molecule has 0 unspecified atom stereocenters. The number of para-hydroxylation sites is 2. The molecule has 0 aliphatic rings. The van der Waals surface area contributed by atoms with E-state index in [1.807, 2.05) is 12.1 Å². The van der Waals surface area contributed by atoms with E-state index in [1.165, 1.54) is 54.9 Å². The quantitative estimate of drug-likeness (QED) is 0.149. The van der Waals surface area contributed by atoms with Crippen LogP contribution in [0.1, 0.15) is 158 Å². The van der Waals surface area contributed by atoms with E-state index in [4.69, 9.17) is 21.5 Å². The molecule has 88 heavy (non-hydrogen) atoms. The first-order chi connectivity index (χ1) is 41.3. The van der Waals surface area contributed by atoms with Crippen LogP contribution in [0.2, 0.25) is 0 Å². The largest absolute Gasteiger partial charge is 0.309 e. The molecule has 442 valence electrons. The highest BCUT2D eigenvalue weighted by Gasteiger charge is 2.29. The number of hydrogen-bond acceptors (Lipinski definition) is 3. The maximum atomic E-state index is 7.82. The normalized spacial score (nSPS) is 12.9. The SMILES string of the molecule is [C-]#[N+]c1ccc(-c2ccc(-c3cc(-c4nc(-c5cc(C(C)(C)C)cc(C(C)(C)C)c5)nc(-c5cc(C(C)(C)C)cc(C(C)(C)C)c5)n4)ccc3-n3c4ccccc4c4cc(C(C)(C)C)ccc43)c(-n3c4ccccc4c4cc(C(C)(C)C)ccc43)c2)cc1. The molecule has 6 heteroatoms. The molecule has 0 bridgehead atoms. The lowest BCUT2D eigenvalue weighted by Crippen LogP contribution is -2.17. The molecule has 0 spiro atoms. The van der Waals surface area contributed by atoms with Crippen molar-refractivity contribution >= 4 is 49.3 Å². The minimum absolute atomic E-state index is 0.0555. The predicted molar refractivity (Wildman–Crippen MR) is 374 cm³/mol. The van der Waals surface area contributed by atoms with Crippen molar-refractivity contribution < 1.29 is 0 Å². The summed E-state index contributed by atoms with van der Waals surface area (Å²) in [5.74, 6) is 1.85. The molecule has 0 N–H and O–H groups in total. The van der Waals surface area contributed by atoms with E-state index < -0.39 is 0 Å². The second-order valence-electron chi connectivity index (χ2n) is 30.7. The number of rotatable bonds is 7. The molecule has 3 aromatic heterocycles. The van der Waals surface area contributed by atoms with Crippen LogP contribution in [0.25, 0.3) is 116 Å². The smallest absolute Gasteiger partial charge is 0.187 e. The van der Waals surface area contributed by atoms with Crippen molar-refractivity contribution in [1.29, 1.82) is 0 Å². The Bertz CT molecular complexity index is 4620. The van der Waals surface area contributed by atoms with Crippen LogP contribution in [0.4, 0.5) is 5.69 Å².